The number of aliphatic carboxylic acids is 1. The molecule has 0 aromatic carbocycles. The van der Waals surface area contributed by atoms with Gasteiger partial charge in [0.2, 0.25) is 5.91 Å². The highest BCUT2D eigenvalue weighted by Crippen LogP contribution is 2.77. The number of amides is 1. The zero-order valence-corrected chi connectivity index (χ0v) is 25.5. The Labute approximate surface area is 232 Å². The van der Waals surface area contributed by atoms with Gasteiger partial charge in [0.15, 0.2) is 0 Å². The van der Waals surface area contributed by atoms with Crippen LogP contribution in [0.2, 0.25) is 0 Å². The normalized spacial score (nSPS) is 47.7. The van der Waals surface area contributed by atoms with Gasteiger partial charge < -0.3 is 10.0 Å². The van der Waals surface area contributed by atoms with Crippen LogP contribution in [-0.2, 0) is 9.59 Å². The van der Waals surface area contributed by atoms with Gasteiger partial charge >= 0.3 is 5.97 Å². The number of allylic oxidation sites excluding steroid dienone is 1. The molecule has 1 aliphatic heterocycles. The summed E-state index contributed by atoms with van der Waals surface area (Å²) in [6, 6.07) is 0. The molecule has 5 fully saturated rings. The number of hydrogen-bond acceptors (Lipinski definition) is 2. The largest absolute Gasteiger partial charge is 0.481 e. The smallest absolute Gasteiger partial charge is 0.312 e. The minimum atomic E-state index is -1.01. The third-order valence-electron chi connectivity index (χ3n) is 14.5. The Morgan fingerprint density at radius 1 is 0.895 bits per heavy atom. The van der Waals surface area contributed by atoms with Crippen molar-refractivity contribution in [1.29, 1.82) is 0 Å². The van der Waals surface area contributed by atoms with Gasteiger partial charge in [0.05, 0.1) is 0 Å². The number of carboxylic acids is 1. The first-order valence-electron chi connectivity index (χ1n) is 15.9. The molecule has 1 saturated heterocycles. The molecule has 0 spiro atoms. The molecular weight excluding hydrogens is 470 g/mol. The van der Waals surface area contributed by atoms with E-state index in [1.165, 1.54) is 56.9 Å². The van der Waals surface area contributed by atoms with E-state index >= 15 is 0 Å². The van der Waals surface area contributed by atoms with Crippen molar-refractivity contribution in [2.24, 2.45) is 51.2 Å². The van der Waals surface area contributed by atoms with Crippen LogP contribution < -0.4 is 0 Å². The average molecular weight is 526 g/mol. The number of rotatable bonds is 4. The van der Waals surface area contributed by atoms with Crippen molar-refractivity contribution in [3.05, 3.63) is 12.2 Å². The lowest BCUT2D eigenvalue weighted by atomic mass is 9.33. The maximum atomic E-state index is 13.1. The molecule has 0 aromatic rings. The van der Waals surface area contributed by atoms with Gasteiger partial charge in [0.1, 0.15) is 6.42 Å². The SMILES string of the molecule is C=C(C)[C@@H]1CC[C@]2(CC)CC[C@]3(C)[C@H](CC[C@@H]4[C@@]5(C)CCCN(C(=O)CC(=O)O)C(C)(C)C5CC[C@]43C)[C@@H]12. The molecule has 0 aromatic heterocycles. The van der Waals surface area contributed by atoms with E-state index in [-0.39, 0.29) is 16.9 Å². The number of carbonyl (C=O) groups is 2. The Kier molecular flexibility index (Phi) is 6.76. The minimum Gasteiger partial charge on any atom is -0.481 e. The van der Waals surface area contributed by atoms with Gasteiger partial charge in [-0.15, -0.1) is 0 Å². The quantitative estimate of drug-likeness (QED) is 0.298. The molecular formula is C34H55NO3. The maximum Gasteiger partial charge on any atom is 0.312 e. The van der Waals surface area contributed by atoms with Crippen LogP contribution in [0, 0.1) is 51.2 Å². The van der Waals surface area contributed by atoms with E-state index in [1.807, 2.05) is 4.90 Å². The third-order valence-corrected chi connectivity index (χ3v) is 14.5. The number of likely N-dealkylation sites (tertiary alicyclic amines) is 1. The van der Waals surface area contributed by atoms with Crippen LogP contribution >= 0.6 is 0 Å². The Morgan fingerprint density at radius 3 is 2.24 bits per heavy atom. The highest BCUT2D eigenvalue weighted by Gasteiger charge is 2.70. The lowest BCUT2D eigenvalue weighted by Gasteiger charge is -2.72. The predicted octanol–water partition coefficient (Wildman–Crippen LogP) is 8.11. The van der Waals surface area contributed by atoms with Crippen LogP contribution in [-0.4, -0.2) is 34.0 Å². The molecule has 38 heavy (non-hydrogen) atoms. The topological polar surface area (TPSA) is 57.6 Å². The molecule has 4 heteroatoms. The second kappa shape index (κ2) is 9.10. The summed E-state index contributed by atoms with van der Waals surface area (Å²) >= 11 is 0. The fourth-order valence-electron chi connectivity index (χ4n) is 12.5. The van der Waals surface area contributed by atoms with E-state index in [1.54, 1.807) is 0 Å². The summed E-state index contributed by atoms with van der Waals surface area (Å²) in [7, 11) is 0. The molecule has 4 nitrogen and oxygen atoms in total. The number of nitrogens with zero attached hydrogens (tertiary/aromatic N) is 1. The van der Waals surface area contributed by atoms with E-state index in [9.17, 15) is 14.7 Å². The summed E-state index contributed by atoms with van der Waals surface area (Å²) in [4.78, 5) is 26.5. The van der Waals surface area contributed by atoms with Gasteiger partial charge in [-0.1, -0.05) is 46.3 Å². The predicted molar refractivity (Wildman–Crippen MR) is 154 cm³/mol. The molecule has 1 heterocycles. The van der Waals surface area contributed by atoms with Gasteiger partial charge in [0.25, 0.3) is 0 Å². The van der Waals surface area contributed by atoms with Crippen molar-refractivity contribution in [3.8, 4) is 0 Å². The number of hydrogen-bond donors (Lipinski definition) is 1. The fourth-order valence-corrected chi connectivity index (χ4v) is 12.5. The molecule has 4 saturated carbocycles. The van der Waals surface area contributed by atoms with Gasteiger partial charge in [0, 0.05) is 12.1 Å². The summed E-state index contributed by atoms with van der Waals surface area (Å²) in [6.07, 6.45) is 13.6. The van der Waals surface area contributed by atoms with Crippen molar-refractivity contribution in [2.45, 2.75) is 131 Å². The first kappa shape index (κ1) is 28.2. The first-order valence-corrected chi connectivity index (χ1v) is 15.9. The van der Waals surface area contributed by atoms with Crippen molar-refractivity contribution in [1.82, 2.24) is 4.90 Å². The first-order chi connectivity index (χ1) is 17.7. The molecule has 214 valence electrons. The van der Waals surface area contributed by atoms with Gasteiger partial charge in [-0.05, 0) is 136 Å². The lowest BCUT2D eigenvalue weighted by molar-refractivity contribution is -0.227. The summed E-state index contributed by atoms with van der Waals surface area (Å²) in [6.45, 7) is 22.4. The van der Waals surface area contributed by atoms with Crippen LogP contribution in [0.1, 0.15) is 126 Å². The Balaban J connectivity index is 1.51. The van der Waals surface area contributed by atoms with Crippen LogP contribution in [0.4, 0.5) is 0 Å². The summed E-state index contributed by atoms with van der Waals surface area (Å²) in [5.41, 5.74) is 2.45. The van der Waals surface area contributed by atoms with E-state index in [2.05, 4.69) is 55.0 Å². The molecule has 0 radical (unpaired) electrons. The Hall–Kier alpha value is -1.32. The summed E-state index contributed by atoms with van der Waals surface area (Å²) in [5.74, 6) is 2.11. The van der Waals surface area contributed by atoms with Crippen molar-refractivity contribution in [3.63, 3.8) is 0 Å². The van der Waals surface area contributed by atoms with Crippen molar-refractivity contribution >= 4 is 11.9 Å². The van der Waals surface area contributed by atoms with E-state index in [0.29, 0.717) is 40.5 Å². The number of carboxylic acid groups (broad SMARTS) is 1. The number of carbonyl (C=O) groups excluding carboxylic acids is 1. The molecule has 1 amide bonds. The van der Waals surface area contributed by atoms with Gasteiger partial charge in [-0.2, -0.15) is 0 Å². The summed E-state index contributed by atoms with van der Waals surface area (Å²) < 4.78 is 0. The number of fused-ring (bicyclic) bond motifs is 7. The van der Waals surface area contributed by atoms with Gasteiger partial charge in [-0.3, -0.25) is 9.59 Å². The molecule has 9 atom stereocenters. The second-order valence-electron chi connectivity index (χ2n) is 15.8. The maximum absolute atomic E-state index is 13.1. The Morgan fingerprint density at radius 2 is 1.61 bits per heavy atom. The van der Waals surface area contributed by atoms with Crippen LogP contribution in [0.3, 0.4) is 0 Å². The van der Waals surface area contributed by atoms with Gasteiger partial charge in [-0.25, -0.2) is 0 Å². The third kappa shape index (κ3) is 3.66. The molecule has 0 bridgehead atoms. The van der Waals surface area contributed by atoms with E-state index in [4.69, 9.17) is 0 Å². The molecule has 4 aliphatic carbocycles. The minimum absolute atomic E-state index is 0.172. The van der Waals surface area contributed by atoms with Crippen LogP contribution in [0.15, 0.2) is 12.2 Å². The standard InChI is InChI=1S/C34H55NO3/c1-9-34-17-13-23(22(2)3)29(34)24-11-12-26-31(6)15-10-20-35(27(36)21-28(37)38)30(4,5)25(31)14-16-33(26,8)32(24,7)18-19-34/h23-26,29H,2,9-21H2,1,3-8H3,(H,37,38)/t23-,24+,25?,26+,29+,31-,32+,33+,34+/m0/s1. The summed E-state index contributed by atoms with van der Waals surface area (Å²) in [5, 5.41) is 9.37. The molecule has 5 aliphatic rings. The average Bonchev–Trinajstić information content (AvgIpc) is 3.17. The Bertz CT molecular complexity index is 1000. The lowest BCUT2D eigenvalue weighted by Crippen LogP contribution is -2.66. The monoisotopic (exact) mass is 525 g/mol. The molecule has 5 rings (SSSR count). The zero-order chi connectivity index (χ0) is 27.9. The van der Waals surface area contributed by atoms with Crippen LogP contribution in [0.5, 0.6) is 0 Å². The van der Waals surface area contributed by atoms with E-state index < -0.39 is 12.4 Å². The molecule has 1 unspecified atom stereocenters. The fraction of sp³-hybridized carbons (Fsp3) is 0.882. The highest BCUT2D eigenvalue weighted by atomic mass is 16.4. The van der Waals surface area contributed by atoms with Crippen LogP contribution in [0.25, 0.3) is 0 Å². The van der Waals surface area contributed by atoms with E-state index in [0.717, 1.165) is 31.1 Å². The highest BCUT2D eigenvalue weighted by molar-refractivity contribution is 5.93. The van der Waals surface area contributed by atoms with Crippen molar-refractivity contribution < 1.29 is 14.7 Å². The van der Waals surface area contributed by atoms with Crippen molar-refractivity contribution in [2.75, 3.05) is 6.54 Å². The second-order valence-corrected chi connectivity index (χ2v) is 15.8. The zero-order valence-electron chi connectivity index (χ0n) is 25.5. The molecule has 1 N–H and O–H groups in total.